The Labute approximate surface area is 173 Å². The molecule has 2 aliphatic rings. The van der Waals surface area contributed by atoms with Crippen molar-refractivity contribution in [1.82, 2.24) is 9.88 Å². The lowest BCUT2D eigenvalue weighted by atomic mass is 9.94. The first kappa shape index (κ1) is 19.6. The number of nitrogens with one attached hydrogen (secondary N) is 1. The first-order valence-corrected chi connectivity index (χ1v) is 10.8. The zero-order valence-electron chi connectivity index (χ0n) is 16.3. The topological polar surface area (TPSA) is 82.6 Å². The average molecular weight is 413 g/mol. The van der Waals surface area contributed by atoms with Gasteiger partial charge in [0, 0.05) is 43.0 Å². The Morgan fingerprint density at radius 2 is 1.86 bits per heavy atom. The van der Waals surface area contributed by atoms with Crippen LogP contribution in [-0.4, -0.2) is 47.2 Å². The van der Waals surface area contributed by atoms with Gasteiger partial charge in [-0.2, -0.15) is 0 Å². The van der Waals surface area contributed by atoms with Gasteiger partial charge in [-0.05, 0) is 31.9 Å². The summed E-state index contributed by atoms with van der Waals surface area (Å²) >= 11 is 1.42. The smallest absolute Gasteiger partial charge is 0.229 e. The maximum absolute atomic E-state index is 12.9. The van der Waals surface area contributed by atoms with Gasteiger partial charge in [-0.25, -0.2) is 4.98 Å². The van der Waals surface area contributed by atoms with Crippen LogP contribution in [0.5, 0.6) is 0 Å². The number of para-hydroxylation sites is 1. The molecule has 8 heteroatoms. The highest BCUT2D eigenvalue weighted by Crippen LogP contribution is 2.28. The van der Waals surface area contributed by atoms with Gasteiger partial charge in [-0.15, -0.1) is 11.3 Å². The van der Waals surface area contributed by atoms with Crippen LogP contribution in [0.3, 0.4) is 0 Å². The Bertz CT molecular complexity index is 906. The molecule has 0 spiro atoms. The molecule has 152 valence electrons. The molecular weight excluding hydrogens is 388 g/mol. The van der Waals surface area contributed by atoms with Crippen LogP contribution in [0.2, 0.25) is 0 Å². The molecule has 3 amide bonds. The molecule has 4 rings (SSSR count). The fourth-order valence-corrected chi connectivity index (χ4v) is 4.66. The maximum atomic E-state index is 12.9. The molecule has 1 N–H and O–H groups in total. The monoisotopic (exact) mass is 412 g/mol. The Morgan fingerprint density at radius 3 is 2.52 bits per heavy atom. The van der Waals surface area contributed by atoms with Crippen LogP contribution >= 0.6 is 11.3 Å². The van der Waals surface area contributed by atoms with Crippen LogP contribution < -0.4 is 10.2 Å². The van der Waals surface area contributed by atoms with Crippen molar-refractivity contribution in [3.8, 4) is 0 Å². The summed E-state index contributed by atoms with van der Waals surface area (Å²) in [5.41, 5.74) is 1.72. The van der Waals surface area contributed by atoms with E-state index in [-0.39, 0.29) is 36.0 Å². The molecule has 0 saturated carbocycles. The van der Waals surface area contributed by atoms with Crippen molar-refractivity contribution in [2.45, 2.75) is 26.2 Å². The quantitative estimate of drug-likeness (QED) is 0.837. The highest BCUT2D eigenvalue weighted by atomic mass is 32.1. The van der Waals surface area contributed by atoms with E-state index in [2.05, 4.69) is 10.3 Å². The molecular formula is C21H24N4O3S. The average Bonchev–Trinajstić information content (AvgIpc) is 3.33. The summed E-state index contributed by atoms with van der Waals surface area (Å²) in [6.07, 6.45) is 1.51. The van der Waals surface area contributed by atoms with E-state index in [1.54, 1.807) is 4.90 Å². The van der Waals surface area contributed by atoms with Crippen LogP contribution in [-0.2, 0) is 14.4 Å². The van der Waals surface area contributed by atoms with Gasteiger partial charge in [0.1, 0.15) is 0 Å². The number of hydrogen-bond acceptors (Lipinski definition) is 5. The van der Waals surface area contributed by atoms with Crippen LogP contribution in [0.4, 0.5) is 10.8 Å². The number of benzene rings is 1. The molecule has 3 heterocycles. The SMILES string of the molecule is Cc1csc(NC(=O)C2CCN(C(=O)[C@H]3CC(=O)N(c4ccccc4)C3)CC2)n1. The van der Waals surface area contributed by atoms with E-state index in [0.29, 0.717) is 37.6 Å². The van der Waals surface area contributed by atoms with Crippen molar-refractivity contribution >= 4 is 39.9 Å². The van der Waals surface area contributed by atoms with Crippen molar-refractivity contribution in [1.29, 1.82) is 0 Å². The number of aromatic nitrogens is 1. The third-order valence-electron chi connectivity index (χ3n) is 5.57. The molecule has 2 aromatic rings. The van der Waals surface area contributed by atoms with E-state index in [4.69, 9.17) is 0 Å². The van der Waals surface area contributed by atoms with Gasteiger partial charge in [0.05, 0.1) is 11.6 Å². The highest BCUT2D eigenvalue weighted by molar-refractivity contribution is 7.13. The second-order valence-corrected chi connectivity index (χ2v) is 8.48. The second kappa shape index (κ2) is 8.32. The van der Waals surface area contributed by atoms with E-state index in [1.807, 2.05) is 47.5 Å². The van der Waals surface area contributed by atoms with Crippen LogP contribution in [0.25, 0.3) is 0 Å². The molecule has 2 saturated heterocycles. The number of rotatable bonds is 4. The zero-order valence-corrected chi connectivity index (χ0v) is 17.2. The van der Waals surface area contributed by atoms with Gasteiger partial charge in [-0.3, -0.25) is 14.4 Å². The summed E-state index contributed by atoms with van der Waals surface area (Å²) < 4.78 is 0. The molecule has 7 nitrogen and oxygen atoms in total. The lowest BCUT2D eigenvalue weighted by Gasteiger charge is -2.32. The number of aryl methyl sites for hydroxylation is 1. The summed E-state index contributed by atoms with van der Waals surface area (Å²) in [5.74, 6) is -0.452. The molecule has 1 aromatic heterocycles. The Hall–Kier alpha value is -2.74. The number of carbonyl (C=O) groups is 3. The number of piperidine rings is 1. The third-order valence-corrected chi connectivity index (χ3v) is 6.44. The van der Waals surface area contributed by atoms with Crippen LogP contribution in [0.15, 0.2) is 35.7 Å². The fourth-order valence-electron chi connectivity index (χ4n) is 3.97. The van der Waals surface area contributed by atoms with Crippen molar-refractivity contribution in [3.05, 3.63) is 41.4 Å². The fraction of sp³-hybridized carbons (Fsp3) is 0.429. The van der Waals surface area contributed by atoms with E-state index in [1.165, 1.54) is 11.3 Å². The van der Waals surface area contributed by atoms with Crippen molar-refractivity contribution in [2.75, 3.05) is 29.9 Å². The molecule has 1 aromatic carbocycles. The number of anilines is 2. The van der Waals surface area contributed by atoms with Crippen molar-refractivity contribution < 1.29 is 14.4 Å². The number of hydrogen-bond donors (Lipinski definition) is 1. The molecule has 1 atom stereocenters. The lowest BCUT2D eigenvalue weighted by molar-refractivity contribution is -0.138. The number of likely N-dealkylation sites (tertiary alicyclic amines) is 1. The van der Waals surface area contributed by atoms with Crippen LogP contribution in [0, 0.1) is 18.8 Å². The molecule has 0 bridgehead atoms. The number of amides is 3. The Balaban J connectivity index is 1.30. The highest BCUT2D eigenvalue weighted by Gasteiger charge is 2.38. The van der Waals surface area contributed by atoms with Gasteiger partial charge in [0.15, 0.2) is 5.13 Å². The van der Waals surface area contributed by atoms with E-state index in [0.717, 1.165) is 11.4 Å². The summed E-state index contributed by atoms with van der Waals surface area (Å²) in [7, 11) is 0. The maximum Gasteiger partial charge on any atom is 0.229 e. The summed E-state index contributed by atoms with van der Waals surface area (Å²) in [6.45, 7) is 3.40. The molecule has 2 fully saturated rings. The molecule has 0 aliphatic carbocycles. The van der Waals surface area contributed by atoms with E-state index in [9.17, 15) is 14.4 Å². The van der Waals surface area contributed by atoms with Crippen molar-refractivity contribution in [2.24, 2.45) is 11.8 Å². The molecule has 0 unspecified atom stereocenters. The van der Waals surface area contributed by atoms with Crippen LogP contribution in [0.1, 0.15) is 25.0 Å². The van der Waals surface area contributed by atoms with E-state index < -0.39 is 0 Å². The predicted octanol–water partition coefficient (Wildman–Crippen LogP) is 2.68. The number of carbonyl (C=O) groups excluding carboxylic acids is 3. The third kappa shape index (κ3) is 4.32. The lowest BCUT2D eigenvalue weighted by Crippen LogP contribution is -2.44. The summed E-state index contributed by atoms with van der Waals surface area (Å²) in [4.78, 5) is 45.5. The minimum absolute atomic E-state index is 0.0115. The Kier molecular flexibility index (Phi) is 5.62. The first-order chi connectivity index (χ1) is 14.0. The largest absolute Gasteiger partial charge is 0.342 e. The molecule has 29 heavy (non-hydrogen) atoms. The zero-order chi connectivity index (χ0) is 20.4. The molecule has 2 aliphatic heterocycles. The van der Waals surface area contributed by atoms with Gasteiger partial charge >= 0.3 is 0 Å². The van der Waals surface area contributed by atoms with Crippen molar-refractivity contribution in [3.63, 3.8) is 0 Å². The summed E-state index contributed by atoms with van der Waals surface area (Å²) in [5, 5.41) is 5.40. The molecule has 0 radical (unpaired) electrons. The normalized spacial score (nSPS) is 20.2. The minimum Gasteiger partial charge on any atom is -0.342 e. The van der Waals surface area contributed by atoms with Gasteiger partial charge in [0.2, 0.25) is 17.7 Å². The number of thiazole rings is 1. The standard InChI is InChI=1S/C21H24N4O3S/c1-14-13-29-21(22-14)23-19(27)15-7-9-24(10-8-15)20(28)16-11-18(26)25(12-16)17-5-3-2-4-6-17/h2-6,13,15-16H,7-12H2,1H3,(H,22,23,27)/t16-/m0/s1. The second-order valence-electron chi connectivity index (χ2n) is 7.62. The first-order valence-electron chi connectivity index (χ1n) is 9.88. The van der Waals surface area contributed by atoms with Gasteiger partial charge in [-0.1, -0.05) is 18.2 Å². The summed E-state index contributed by atoms with van der Waals surface area (Å²) in [6, 6.07) is 9.46. The minimum atomic E-state index is -0.314. The van der Waals surface area contributed by atoms with Gasteiger partial charge < -0.3 is 15.1 Å². The Morgan fingerprint density at radius 1 is 1.14 bits per heavy atom. The predicted molar refractivity (Wildman–Crippen MR) is 112 cm³/mol. The number of nitrogens with zero attached hydrogens (tertiary/aromatic N) is 3. The van der Waals surface area contributed by atoms with Gasteiger partial charge in [0.25, 0.3) is 0 Å². The van der Waals surface area contributed by atoms with E-state index >= 15 is 0 Å².